The molecule has 0 radical (unpaired) electrons. The second kappa shape index (κ2) is 6.61. The highest BCUT2D eigenvalue weighted by Gasteiger charge is 2.09. The Bertz CT molecular complexity index is 280. The third-order valence-electron chi connectivity index (χ3n) is 3.11. The largest absolute Gasteiger partial charge is 0.313 e. The maximum Gasteiger partial charge on any atom is 0.0271 e. The van der Waals surface area contributed by atoms with Gasteiger partial charge in [0, 0.05) is 18.9 Å². The first kappa shape index (κ1) is 11.6. The SMILES string of the molecule is c1cc(CNCCCN2CCCC2)ccn1. The normalized spacial score (nSPS) is 16.8. The average molecular weight is 219 g/mol. The molecule has 0 spiro atoms. The van der Waals surface area contributed by atoms with E-state index in [4.69, 9.17) is 0 Å². The van der Waals surface area contributed by atoms with Crippen LogP contribution in [0.3, 0.4) is 0 Å². The summed E-state index contributed by atoms with van der Waals surface area (Å²) in [7, 11) is 0. The van der Waals surface area contributed by atoms with E-state index in [0.29, 0.717) is 0 Å². The van der Waals surface area contributed by atoms with Crippen LogP contribution < -0.4 is 5.32 Å². The second-order valence-electron chi connectivity index (χ2n) is 4.43. The standard InChI is InChI=1S/C13H21N3/c1-2-10-16(9-1)11-3-6-15-12-13-4-7-14-8-5-13/h4-5,7-8,15H,1-3,6,9-12H2. The van der Waals surface area contributed by atoms with Crippen molar-refractivity contribution in [2.75, 3.05) is 26.2 Å². The van der Waals surface area contributed by atoms with Crippen molar-refractivity contribution < 1.29 is 0 Å². The first-order chi connectivity index (χ1) is 7.95. The predicted octanol–water partition coefficient (Wildman–Crippen LogP) is 1.66. The molecule has 2 rings (SSSR count). The van der Waals surface area contributed by atoms with E-state index in [1.807, 2.05) is 12.4 Å². The molecular weight excluding hydrogens is 198 g/mol. The molecule has 1 aromatic rings. The van der Waals surface area contributed by atoms with Crippen molar-refractivity contribution in [3.05, 3.63) is 30.1 Å². The molecule has 1 aliphatic rings. The van der Waals surface area contributed by atoms with Gasteiger partial charge in [-0.3, -0.25) is 4.98 Å². The fraction of sp³-hybridized carbons (Fsp3) is 0.615. The summed E-state index contributed by atoms with van der Waals surface area (Å²) in [5.41, 5.74) is 1.32. The van der Waals surface area contributed by atoms with Crippen LogP contribution in [0.1, 0.15) is 24.8 Å². The van der Waals surface area contributed by atoms with Crippen molar-refractivity contribution in [3.8, 4) is 0 Å². The highest BCUT2D eigenvalue weighted by molar-refractivity contribution is 5.08. The molecule has 3 nitrogen and oxygen atoms in total. The summed E-state index contributed by atoms with van der Waals surface area (Å²) in [4.78, 5) is 6.57. The number of pyridine rings is 1. The van der Waals surface area contributed by atoms with Crippen molar-refractivity contribution >= 4 is 0 Å². The molecule has 1 fully saturated rings. The molecule has 2 heterocycles. The monoisotopic (exact) mass is 219 g/mol. The molecule has 0 amide bonds. The Balaban J connectivity index is 1.52. The van der Waals surface area contributed by atoms with Crippen LogP contribution in [0, 0.1) is 0 Å². The van der Waals surface area contributed by atoms with Gasteiger partial charge >= 0.3 is 0 Å². The first-order valence-electron chi connectivity index (χ1n) is 6.27. The van der Waals surface area contributed by atoms with E-state index in [-0.39, 0.29) is 0 Å². The van der Waals surface area contributed by atoms with Crippen LogP contribution in [-0.4, -0.2) is 36.1 Å². The first-order valence-corrected chi connectivity index (χ1v) is 6.27. The Morgan fingerprint density at radius 2 is 1.94 bits per heavy atom. The molecule has 1 aliphatic heterocycles. The van der Waals surface area contributed by atoms with Crippen LogP contribution in [0.4, 0.5) is 0 Å². The van der Waals surface area contributed by atoms with Gasteiger partial charge in [-0.05, 0) is 63.1 Å². The topological polar surface area (TPSA) is 28.2 Å². The molecule has 3 heteroatoms. The number of nitrogens with zero attached hydrogens (tertiary/aromatic N) is 2. The van der Waals surface area contributed by atoms with Gasteiger partial charge in [0.2, 0.25) is 0 Å². The second-order valence-corrected chi connectivity index (χ2v) is 4.43. The zero-order valence-electron chi connectivity index (χ0n) is 9.86. The van der Waals surface area contributed by atoms with Gasteiger partial charge < -0.3 is 10.2 Å². The lowest BCUT2D eigenvalue weighted by atomic mass is 10.2. The maximum atomic E-state index is 4.01. The number of rotatable bonds is 6. The van der Waals surface area contributed by atoms with E-state index in [9.17, 15) is 0 Å². The lowest BCUT2D eigenvalue weighted by molar-refractivity contribution is 0.331. The fourth-order valence-electron chi connectivity index (χ4n) is 2.17. The number of hydrogen-bond donors (Lipinski definition) is 1. The van der Waals surface area contributed by atoms with Gasteiger partial charge in [0.25, 0.3) is 0 Å². The Kier molecular flexibility index (Phi) is 4.77. The summed E-state index contributed by atoms with van der Waals surface area (Å²) in [5.74, 6) is 0. The third kappa shape index (κ3) is 3.91. The summed E-state index contributed by atoms with van der Waals surface area (Å²) < 4.78 is 0. The third-order valence-corrected chi connectivity index (χ3v) is 3.11. The Hall–Kier alpha value is -0.930. The number of aromatic nitrogens is 1. The smallest absolute Gasteiger partial charge is 0.0271 e. The molecule has 0 unspecified atom stereocenters. The predicted molar refractivity (Wildman–Crippen MR) is 66.2 cm³/mol. The minimum Gasteiger partial charge on any atom is -0.313 e. The van der Waals surface area contributed by atoms with Crippen molar-refractivity contribution in [2.45, 2.75) is 25.8 Å². The van der Waals surface area contributed by atoms with E-state index in [2.05, 4.69) is 27.3 Å². The Labute approximate surface area is 97.9 Å². The van der Waals surface area contributed by atoms with Crippen LogP contribution >= 0.6 is 0 Å². The van der Waals surface area contributed by atoms with E-state index < -0.39 is 0 Å². The van der Waals surface area contributed by atoms with Gasteiger partial charge in [0.1, 0.15) is 0 Å². The van der Waals surface area contributed by atoms with Crippen LogP contribution in [0.5, 0.6) is 0 Å². The molecule has 0 bridgehead atoms. The molecule has 88 valence electrons. The van der Waals surface area contributed by atoms with Gasteiger partial charge in [-0.15, -0.1) is 0 Å². The van der Waals surface area contributed by atoms with Crippen LogP contribution in [0.25, 0.3) is 0 Å². The van der Waals surface area contributed by atoms with Gasteiger partial charge in [0.05, 0.1) is 0 Å². The van der Waals surface area contributed by atoms with Gasteiger partial charge in [-0.25, -0.2) is 0 Å². The molecule has 0 saturated carbocycles. The van der Waals surface area contributed by atoms with E-state index in [1.54, 1.807) is 0 Å². The number of nitrogens with one attached hydrogen (secondary N) is 1. The molecule has 0 atom stereocenters. The molecule has 1 saturated heterocycles. The van der Waals surface area contributed by atoms with E-state index in [0.717, 1.165) is 13.1 Å². The minimum absolute atomic E-state index is 0.961. The Morgan fingerprint density at radius 3 is 2.69 bits per heavy atom. The lowest BCUT2D eigenvalue weighted by Gasteiger charge is -2.14. The minimum atomic E-state index is 0.961. The van der Waals surface area contributed by atoms with Crippen molar-refractivity contribution in [3.63, 3.8) is 0 Å². The summed E-state index contributed by atoms with van der Waals surface area (Å²) in [6, 6.07) is 4.13. The molecule has 1 N–H and O–H groups in total. The van der Waals surface area contributed by atoms with Crippen molar-refractivity contribution in [1.29, 1.82) is 0 Å². The van der Waals surface area contributed by atoms with E-state index in [1.165, 1.54) is 44.5 Å². The zero-order chi connectivity index (χ0) is 11.1. The number of hydrogen-bond acceptors (Lipinski definition) is 3. The van der Waals surface area contributed by atoms with Gasteiger partial charge in [-0.1, -0.05) is 0 Å². The van der Waals surface area contributed by atoms with Crippen molar-refractivity contribution in [2.24, 2.45) is 0 Å². The quantitative estimate of drug-likeness (QED) is 0.738. The van der Waals surface area contributed by atoms with Crippen LogP contribution in [-0.2, 0) is 6.54 Å². The van der Waals surface area contributed by atoms with Gasteiger partial charge in [-0.2, -0.15) is 0 Å². The summed E-state index contributed by atoms with van der Waals surface area (Å²) in [5, 5.41) is 3.47. The maximum absolute atomic E-state index is 4.01. The van der Waals surface area contributed by atoms with Gasteiger partial charge in [0.15, 0.2) is 0 Å². The average Bonchev–Trinajstić information content (AvgIpc) is 2.83. The number of likely N-dealkylation sites (tertiary alicyclic amines) is 1. The highest BCUT2D eigenvalue weighted by Crippen LogP contribution is 2.06. The summed E-state index contributed by atoms with van der Waals surface area (Å²) in [6.45, 7) is 5.94. The molecular formula is C13H21N3. The zero-order valence-corrected chi connectivity index (χ0v) is 9.86. The van der Waals surface area contributed by atoms with Crippen LogP contribution in [0.2, 0.25) is 0 Å². The van der Waals surface area contributed by atoms with Crippen molar-refractivity contribution in [1.82, 2.24) is 15.2 Å². The summed E-state index contributed by atoms with van der Waals surface area (Å²) >= 11 is 0. The molecule has 16 heavy (non-hydrogen) atoms. The fourth-order valence-corrected chi connectivity index (χ4v) is 2.17. The van der Waals surface area contributed by atoms with E-state index >= 15 is 0 Å². The molecule has 0 aromatic carbocycles. The van der Waals surface area contributed by atoms with Crippen LogP contribution in [0.15, 0.2) is 24.5 Å². The summed E-state index contributed by atoms with van der Waals surface area (Å²) in [6.07, 6.45) is 7.74. The highest BCUT2D eigenvalue weighted by atomic mass is 15.1. The lowest BCUT2D eigenvalue weighted by Crippen LogP contribution is -2.24. The molecule has 0 aliphatic carbocycles. The Morgan fingerprint density at radius 1 is 1.19 bits per heavy atom. The molecule has 1 aromatic heterocycles.